The van der Waals surface area contributed by atoms with Crippen molar-refractivity contribution in [3.05, 3.63) is 0 Å². The van der Waals surface area contributed by atoms with E-state index < -0.39 is 24.2 Å². The molecule has 0 bridgehead atoms. The lowest BCUT2D eigenvalue weighted by Gasteiger charge is -2.33. The number of halogens is 5. The van der Waals surface area contributed by atoms with Crippen LogP contribution in [0, 0.1) is 0 Å². The molecule has 78 valence electrons. The molecule has 0 nitrogen and oxygen atoms in total. The first-order chi connectivity index (χ1) is 5.46. The Morgan fingerprint density at radius 3 is 1.46 bits per heavy atom. The van der Waals surface area contributed by atoms with E-state index in [9.17, 15) is 0 Å². The van der Waals surface area contributed by atoms with Gasteiger partial charge in [-0.05, 0) is 6.04 Å². The summed E-state index contributed by atoms with van der Waals surface area (Å²) in [5.41, 5.74) is 0. The molecule has 8 heteroatoms. The van der Waals surface area contributed by atoms with Crippen LogP contribution in [-0.2, 0) is 0 Å². The summed E-state index contributed by atoms with van der Waals surface area (Å²) in [6.45, 7) is 6.40. The molecule has 1 aliphatic heterocycles. The zero-order chi connectivity index (χ0) is 10.7. The highest BCUT2D eigenvalue weighted by Crippen LogP contribution is 2.59. The summed E-state index contributed by atoms with van der Waals surface area (Å²) in [6, 6.07) is 0.731. The summed E-state index contributed by atoms with van der Waals surface area (Å²) >= 11 is 31.6. The fraction of sp³-hybridized carbons (Fsp3) is 1.00. The molecule has 0 aliphatic carbocycles. The van der Waals surface area contributed by atoms with Crippen LogP contribution in [0.1, 0.15) is 0 Å². The van der Waals surface area contributed by atoms with Crippen LogP contribution in [-0.4, -0.2) is 24.2 Å². The van der Waals surface area contributed by atoms with E-state index in [4.69, 9.17) is 56.4 Å². The molecule has 0 aromatic rings. The second kappa shape index (κ2) is 3.30. The molecule has 0 N–H and O–H groups in total. The van der Waals surface area contributed by atoms with Crippen LogP contribution in [0.5, 0.6) is 0 Å². The third-order valence-corrected chi connectivity index (χ3v) is 57.0. The molecule has 1 unspecified atom stereocenters. The van der Waals surface area contributed by atoms with Gasteiger partial charge in [-0.2, -0.15) is 11.1 Å². The third kappa shape index (κ3) is 1.68. The lowest BCUT2D eigenvalue weighted by Crippen LogP contribution is -2.62. The summed E-state index contributed by atoms with van der Waals surface area (Å²) in [7, 11) is -1.60. The van der Waals surface area contributed by atoms with E-state index in [2.05, 4.69) is 13.1 Å². The molecule has 1 heterocycles. The van der Waals surface area contributed by atoms with E-state index in [1.807, 2.05) is 6.55 Å². The maximum Gasteiger partial charge on any atom is 0.287 e. The minimum atomic E-state index is -2.69. The molecule has 1 aliphatic rings. The van der Waals surface area contributed by atoms with Crippen molar-refractivity contribution < 1.29 is 0 Å². The molecule has 0 saturated carbocycles. The van der Waals surface area contributed by atoms with E-state index >= 15 is 0 Å². The Hall–Kier alpha value is 2.10. The minimum Gasteiger partial charge on any atom is -0.171 e. The van der Waals surface area contributed by atoms with Crippen LogP contribution in [0.2, 0.25) is 25.7 Å². The zero-order valence-corrected chi connectivity index (χ0v) is 14.4. The molecular formula is C5H11Cl5Si3. The summed E-state index contributed by atoms with van der Waals surface area (Å²) in [4.78, 5) is 0. The van der Waals surface area contributed by atoms with Crippen molar-refractivity contribution in [2.24, 2.45) is 0 Å². The standard InChI is InChI=1S/C5H11Cl5Si3/c1-11(2)4-5(6,7)13(9,10)12(11,3)8/h4H2,1-3H3. The van der Waals surface area contributed by atoms with Crippen molar-refractivity contribution in [1.29, 1.82) is 0 Å². The van der Waals surface area contributed by atoms with Gasteiger partial charge in [0, 0.05) is 0 Å². The summed E-state index contributed by atoms with van der Waals surface area (Å²) in [5.74, 6) is 0. The van der Waals surface area contributed by atoms with Crippen molar-refractivity contribution >= 4 is 76.7 Å². The Bertz CT molecular complexity index is 212. The lowest BCUT2D eigenvalue weighted by atomic mass is 10.9. The van der Waals surface area contributed by atoms with Crippen LogP contribution in [0.25, 0.3) is 0 Å². The zero-order valence-electron chi connectivity index (χ0n) is 7.60. The van der Waals surface area contributed by atoms with Gasteiger partial charge in [0.15, 0.2) is 6.42 Å². The highest BCUT2D eigenvalue weighted by Gasteiger charge is 2.75. The summed E-state index contributed by atoms with van der Waals surface area (Å²) in [6.07, 6.45) is -4.80. The van der Waals surface area contributed by atoms with Gasteiger partial charge in [-0.25, -0.2) is 0 Å². The Balaban J connectivity index is 3.24. The first kappa shape index (κ1) is 13.2. The molecule has 13 heavy (non-hydrogen) atoms. The summed E-state index contributed by atoms with van der Waals surface area (Å²) in [5, 5.41) is 0. The Morgan fingerprint density at radius 1 is 1.00 bits per heavy atom. The van der Waals surface area contributed by atoms with E-state index in [0.717, 1.165) is 6.04 Å². The quantitative estimate of drug-likeness (QED) is 0.352. The largest absolute Gasteiger partial charge is 0.287 e. The number of hydrogen-bond donors (Lipinski definition) is 0. The van der Waals surface area contributed by atoms with E-state index in [1.165, 1.54) is 0 Å². The normalized spacial score (nSPS) is 40.6. The van der Waals surface area contributed by atoms with Crippen LogP contribution < -0.4 is 0 Å². The second-order valence-electron chi connectivity index (χ2n) is 4.34. The van der Waals surface area contributed by atoms with E-state index in [0.29, 0.717) is 0 Å². The van der Waals surface area contributed by atoms with Crippen molar-refractivity contribution in [3.63, 3.8) is 0 Å². The third-order valence-electron chi connectivity index (χ3n) is 2.98. The molecule has 1 fully saturated rings. The van der Waals surface area contributed by atoms with Gasteiger partial charge in [0.2, 0.25) is 0 Å². The molecule has 0 amide bonds. The molecule has 0 aromatic heterocycles. The van der Waals surface area contributed by atoms with Crippen molar-refractivity contribution in [3.8, 4) is 0 Å². The highest BCUT2D eigenvalue weighted by molar-refractivity contribution is 8.00. The molecular weight excluding hydrogens is 322 g/mol. The van der Waals surface area contributed by atoms with Crippen LogP contribution >= 0.6 is 56.4 Å². The first-order valence-corrected chi connectivity index (χ1v) is 17.4. The highest BCUT2D eigenvalue weighted by atomic mass is 35.7. The van der Waals surface area contributed by atoms with Gasteiger partial charge in [-0.15, -0.1) is 45.4 Å². The number of hydrogen-bond acceptors (Lipinski definition) is 0. The topological polar surface area (TPSA) is 0 Å². The van der Waals surface area contributed by atoms with Gasteiger partial charge < -0.3 is 0 Å². The van der Waals surface area contributed by atoms with Crippen LogP contribution in [0.15, 0.2) is 0 Å². The lowest BCUT2D eigenvalue weighted by molar-refractivity contribution is 1.21. The SMILES string of the molecule is C[Si]1(C)CC(Cl)(Cl)[Si](Cl)(Cl)[Si]1(C)Cl. The molecule has 1 rings (SSSR count). The van der Waals surface area contributed by atoms with Crippen molar-refractivity contribution in [2.75, 3.05) is 0 Å². The number of rotatable bonds is 0. The van der Waals surface area contributed by atoms with Crippen molar-refractivity contribution in [2.45, 2.75) is 29.6 Å². The molecule has 1 atom stereocenters. The number of alkyl halides is 2. The van der Waals surface area contributed by atoms with E-state index in [1.54, 1.807) is 0 Å². The predicted octanol–water partition coefficient (Wildman–Crippen LogP) is 4.31. The average Bonchev–Trinajstić information content (AvgIpc) is 1.88. The van der Waals surface area contributed by atoms with E-state index in [-0.39, 0.29) is 0 Å². The van der Waals surface area contributed by atoms with Crippen molar-refractivity contribution in [1.82, 2.24) is 0 Å². The van der Waals surface area contributed by atoms with Gasteiger partial charge in [0.05, 0.1) is 7.59 Å². The van der Waals surface area contributed by atoms with Gasteiger partial charge >= 0.3 is 0 Å². The molecule has 0 spiro atoms. The second-order valence-corrected chi connectivity index (χ2v) is 38.5. The average molecular weight is 333 g/mol. The minimum absolute atomic E-state index is 0.731. The van der Waals surface area contributed by atoms with Crippen LogP contribution in [0.4, 0.5) is 0 Å². The predicted molar refractivity (Wildman–Crippen MR) is 71.7 cm³/mol. The molecule has 0 radical (unpaired) electrons. The maximum absolute atomic E-state index is 6.57. The summed E-state index contributed by atoms with van der Waals surface area (Å²) < 4.78 is -0.936. The van der Waals surface area contributed by atoms with Crippen LogP contribution in [0.3, 0.4) is 0 Å². The van der Waals surface area contributed by atoms with Gasteiger partial charge in [-0.1, -0.05) is 19.6 Å². The van der Waals surface area contributed by atoms with Gasteiger partial charge in [-0.3, -0.25) is 0 Å². The monoisotopic (exact) mass is 330 g/mol. The van der Waals surface area contributed by atoms with Gasteiger partial charge in [0.1, 0.15) is 3.96 Å². The molecule has 1 saturated heterocycles. The molecule has 0 aromatic carbocycles. The Morgan fingerprint density at radius 2 is 1.38 bits per heavy atom. The fourth-order valence-corrected chi connectivity index (χ4v) is 50.3. The maximum atomic E-state index is 6.57. The fourth-order valence-electron chi connectivity index (χ4n) is 1.60. The van der Waals surface area contributed by atoms with Gasteiger partial charge in [0.25, 0.3) is 6.21 Å². The first-order valence-electron chi connectivity index (χ1n) is 3.90. The Labute approximate surface area is 106 Å². The Kier molecular flexibility index (Phi) is 3.34. The smallest absolute Gasteiger partial charge is 0.171 e.